The van der Waals surface area contributed by atoms with Gasteiger partial charge in [-0.2, -0.15) is 18.3 Å². The van der Waals surface area contributed by atoms with Gasteiger partial charge in [0.2, 0.25) is 0 Å². The molecule has 4 nitrogen and oxygen atoms in total. The van der Waals surface area contributed by atoms with Crippen LogP contribution in [-0.2, 0) is 19.1 Å². The maximum atomic E-state index is 12.7. The number of aromatic nitrogens is 2. The molecule has 0 fully saturated rings. The van der Waals surface area contributed by atoms with Crippen molar-refractivity contribution in [1.82, 2.24) is 15.1 Å². The zero-order chi connectivity index (χ0) is 21.6. The second-order valence-corrected chi connectivity index (χ2v) is 6.56. The maximum absolute atomic E-state index is 12.7. The van der Waals surface area contributed by atoms with E-state index in [0.717, 1.165) is 23.4 Å². The Morgan fingerprint density at radius 3 is 2.60 bits per heavy atom. The van der Waals surface area contributed by atoms with Crippen molar-refractivity contribution in [2.24, 2.45) is 0 Å². The molecule has 2 aromatic carbocycles. The summed E-state index contributed by atoms with van der Waals surface area (Å²) in [5.41, 5.74) is 1.84. The molecule has 1 aromatic heterocycles. The van der Waals surface area contributed by atoms with Crippen molar-refractivity contribution in [2.45, 2.75) is 26.1 Å². The molecule has 154 valence electrons. The Morgan fingerprint density at radius 1 is 1.13 bits per heavy atom. The summed E-state index contributed by atoms with van der Waals surface area (Å²) in [7, 11) is 0. The van der Waals surface area contributed by atoms with Crippen LogP contribution in [0.3, 0.4) is 0 Å². The smallest absolute Gasteiger partial charge is 0.341 e. The number of nitrogens with zero attached hydrogens (tertiary/aromatic N) is 2. The Hall–Kier alpha value is -3.53. The van der Waals surface area contributed by atoms with Crippen molar-refractivity contribution in [3.05, 3.63) is 88.7 Å². The van der Waals surface area contributed by atoms with Gasteiger partial charge in [-0.3, -0.25) is 9.48 Å². The fraction of sp³-hybridized carbons (Fsp3) is 0.217. The number of amides is 1. The first-order chi connectivity index (χ1) is 14.4. The van der Waals surface area contributed by atoms with Crippen LogP contribution in [0.1, 0.15) is 39.7 Å². The maximum Gasteiger partial charge on any atom is 0.416 e. The van der Waals surface area contributed by atoms with E-state index in [0.29, 0.717) is 18.5 Å². The standard InChI is InChI=1S/C23H20F3N3O/c1-2-21-20(15-28-29(21)16-18-8-4-3-5-9-18)22(30)27-13-7-11-17-10-6-12-19(14-17)23(24,25)26/h3-6,8-10,12,14-15H,2,13,16H2,1H3,(H,27,30). The first-order valence-corrected chi connectivity index (χ1v) is 9.41. The Kier molecular flexibility index (Phi) is 6.58. The van der Waals surface area contributed by atoms with E-state index in [1.54, 1.807) is 4.68 Å². The number of carbonyl (C=O) groups is 1. The molecule has 30 heavy (non-hydrogen) atoms. The summed E-state index contributed by atoms with van der Waals surface area (Å²) in [5.74, 6) is 5.02. The third-order valence-electron chi connectivity index (χ3n) is 4.46. The summed E-state index contributed by atoms with van der Waals surface area (Å²) in [4.78, 5) is 12.5. The van der Waals surface area contributed by atoms with Crippen molar-refractivity contribution in [1.29, 1.82) is 0 Å². The normalized spacial score (nSPS) is 10.9. The summed E-state index contributed by atoms with van der Waals surface area (Å²) >= 11 is 0. The van der Waals surface area contributed by atoms with Crippen LogP contribution in [0, 0.1) is 11.8 Å². The lowest BCUT2D eigenvalue weighted by Gasteiger charge is -2.08. The van der Waals surface area contributed by atoms with Crippen molar-refractivity contribution in [3.63, 3.8) is 0 Å². The fourth-order valence-electron chi connectivity index (χ4n) is 3.01. The fourth-order valence-corrected chi connectivity index (χ4v) is 3.01. The van der Waals surface area contributed by atoms with Crippen LogP contribution < -0.4 is 5.32 Å². The molecule has 0 spiro atoms. The number of halogens is 3. The van der Waals surface area contributed by atoms with Gasteiger partial charge in [0.15, 0.2) is 0 Å². The van der Waals surface area contributed by atoms with E-state index in [-0.39, 0.29) is 18.0 Å². The van der Waals surface area contributed by atoms with Gasteiger partial charge in [0, 0.05) is 5.56 Å². The van der Waals surface area contributed by atoms with Crippen LogP contribution in [0.15, 0.2) is 60.8 Å². The van der Waals surface area contributed by atoms with Crippen LogP contribution in [0.25, 0.3) is 0 Å². The molecule has 1 amide bonds. The largest absolute Gasteiger partial charge is 0.416 e. The van der Waals surface area contributed by atoms with E-state index >= 15 is 0 Å². The van der Waals surface area contributed by atoms with Crippen LogP contribution in [0.2, 0.25) is 0 Å². The molecular formula is C23H20F3N3O. The molecule has 0 bridgehead atoms. The Balaban J connectivity index is 1.64. The monoisotopic (exact) mass is 411 g/mol. The second kappa shape index (κ2) is 9.31. The molecule has 0 radical (unpaired) electrons. The molecule has 1 N–H and O–H groups in total. The molecule has 0 aliphatic carbocycles. The van der Waals surface area contributed by atoms with Gasteiger partial charge in [0.25, 0.3) is 5.91 Å². The summed E-state index contributed by atoms with van der Waals surface area (Å²) in [6, 6.07) is 14.6. The topological polar surface area (TPSA) is 46.9 Å². The van der Waals surface area contributed by atoms with Crippen LogP contribution >= 0.6 is 0 Å². The zero-order valence-electron chi connectivity index (χ0n) is 16.3. The molecule has 0 atom stereocenters. The molecule has 3 rings (SSSR count). The number of nitrogens with one attached hydrogen (secondary N) is 1. The third-order valence-corrected chi connectivity index (χ3v) is 4.46. The first kappa shape index (κ1) is 21.2. The highest BCUT2D eigenvalue weighted by atomic mass is 19.4. The van der Waals surface area contributed by atoms with E-state index in [1.165, 1.54) is 18.3 Å². The lowest BCUT2D eigenvalue weighted by molar-refractivity contribution is -0.137. The highest BCUT2D eigenvalue weighted by molar-refractivity contribution is 5.95. The van der Waals surface area contributed by atoms with E-state index in [1.807, 2.05) is 37.3 Å². The van der Waals surface area contributed by atoms with Gasteiger partial charge in [-0.25, -0.2) is 0 Å². The van der Waals surface area contributed by atoms with E-state index in [9.17, 15) is 18.0 Å². The molecular weight excluding hydrogens is 391 g/mol. The van der Waals surface area contributed by atoms with Gasteiger partial charge in [-0.05, 0) is 30.2 Å². The van der Waals surface area contributed by atoms with Crippen molar-refractivity contribution in [3.8, 4) is 11.8 Å². The minimum atomic E-state index is -4.41. The first-order valence-electron chi connectivity index (χ1n) is 9.41. The molecule has 7 heteroatoms. The summed E-state index contributed by atoms with van der Waals surface area (Å²) in [6.07, 6.45) is -2.26. The molecule has 0 saturated carbocycles. The number of hydrogen-bond donors (Lipinski definition) is 1. The quantitative estimate of drug-likeness (QED) is 0.637. The van der Waals surface area contributed by atoms with Crippen molar-refractivity contribution < 1.29 is 18.0 Å². The number of carbonyl (C=O) groups excluding carboxylic acids is 1. The van der Waals surface area contributed by atoms with Gasteiger partial charge in [-0.15, -0.1) is 0 Å². The van der Waals surface area contributed by atoms with Gasteiger partial charge in [0.05, 0.1) is 36.1 Å². The predicted octanol–water partition coefficient (Wildman–Crippen LogP) is 4.29. The zero-order valence-corrected chi connectivity index (χ0v) is 16.3. The number of hydrogen-bond acceptors (Lipinski definition) is 2. The molecule has 0 saturated heterocycles. The van der Waals surface area contributed by atoms with Gasteiger partial charge >= 0.3 is 6.18 Å². The Labute approximate surface area is 172 Å². The summed E-state index contributed by atoms with van der Waals surface area (Å²) in [6.45, 7) is 2.53. The minimum Gasteiger partial charge on any atom is -0.341 e. The van der Waals surface area contributed by atoms with E-state index < -0.39 is 11.7 Å². The second-order valence-electron chi connectivity index (χ2n) is 6.56. The van der Waals surface area contributed by atoms with Crippen molar-refractivity contribution in [2.75, 3.05) is 6.54 Å². The number of benzene rings is 2. The highest BCUT2D eigenvalue weighted by Crippen LogP contribution is 2.29. The number of alkyl halides is 3. The van der Waals surface area contributed by atoms with Crippen LogP contribution in [-0.4, -0.2) is 22.2 Å². The van der Waals surface area contributed by atoms with E-state index in [2.05, 4.69) is 22.3 Å². The van der Waals surface area contributed by atoms with Gasteiger partial charge in [-0.1, -0.05) is 55.2 Å². The predicted molar refractivity (Wildman–Crippen MR) is 108 cm³/mol. The minimum absolute atomic E-state index is 0.0160. The molecule has 1 heterocycles. The molecule has 0 aliphatic heterocycles. The lowest BCUT2D eigenvalue weighted by atomic mass is 10.1. The number of rotatable bonds is 5. The highest BCUT2D eigenvalue weighted by Gasteiger charge is 2.30. The molecule has 0 aliphatic rings. The van der Waals surface area contributed by atoms with E-state index in [4.69, 9.17) is 0 Å². The lowest BCUT2D eigenvalue weighted by Crippen LogP contribution is -2.24. The summed E-state index contributed by atoms with van der Waals surface area (Å²) in [5, 5.41) is 7.00. The molecule has 3 aromatic rings. The van der Waals surface area contributed by atoms with Gasteiger partial charge < -0.3 is 5.32 Å². The third kappa shape index (κ3) is 5.29. The van der Waals surface area contributed by atoms with Crippen LogP contribution in [0.5, 0.6) is 0 Å². The Bertz CT molecular complexity index is 1080. The Morgan fingerprint density at radius 2 is 1.90 bits per heavy atom. The van der Waals surface area contributed by atoms with Gasteiger partial charge in [0.1, 0.15) is 0 Å². The van der Waals surface area contributed by atoms with Crippen molar-refractivity contribution >= 4 is 5.91 Å². The SMILES string of the molecule is CCc1c(C(=O)NCC#Cc2cccc(C(F)(F)F)c2)cnn1Cc1ccccc1. The average molecular weight is 411 g/mol. The summed E-state index contributed by atoms with van der Waals surface area (Å²) < 4.78 is 40.0. The average Bonchev–Trinajstić information content (AvgIpc) is 3.14. The molecule has 0 unspecified atom stereocenters. The van der Waals surface area contributed by atoms with Crippen LogP contribution in [0.4, 0.5) is 13.2 Å².